The molecule has 6 heteroatoms. The molecule has 134 valence electrons. The first-order valence-electron chi connectivity index (χ1n) is 9.03. The second-order valence-corrected chi connectivity index (χ2v) is 6.75. The van der Waals surface area contributed by atoms with Gasteiger partial charge in [-0.1, -0.05) is 37.1 Å². The molecule has 0 spiro atoms. The first-order chi connectivity index (χ1) is 12.2. The molecule has 0 saturated carbocycles. The van der Waals surface area contributed by atoms with Crippen LogP contribution in [0.3, 0.4) is 0 Å². The second kappa shape index (κ2) is 8.50. The Morgan fingerprint density at radius 1 is 1.16 bits per heavy atom. The van der Waals surface area contributed by atoms with Gasteiger partial charge in [0.2, 0.25) is 0 Å². The summed E-state index contributed by atoms with van der Waals surface area (Å²) in [7, 11) is 0. The number of hydrogen-bond donors (Lipinski definition) is 1. The summed E-state index contributed by atoms with van der Waals surface area (Å²) in [6.45, 7) is 7.75. The van der Waals surface area contributed by atoms with Gasteiger partial charge in [-0.05, 0) is 38.4 Å². The third-order valence-corrected chi connectivity index (χ3v) is 4.91. The van der Waals surface area contributed by atoms with Gasteiger partial charge in [0.05, 0.1) is 23.1 Å². The van der Waals surface area contributed by atoms with E-state index in [1.165, 1.54) is 5.52 Å². The van der Waals surface area contributed by atoms with E-state index in [4.69, 9.17) is 11.6 Å². The monoisotopic (exact) mass is 359 g/mol. The van der Waals surface area contributed by atoms with Crippen LogP contribution >= 0.6 is 11.6 Å². The number of imidazole rings is 1. The van der Waals surface area contributed by atoms with Gasteiger partial charge >= 0.3 is 0 Å². The summed E-state index contributed by atoms with van der Waals surface area (Å²) >= 11 is 6.47. The van der Waals surface area contributed by atoms with Crippen LogP contribution < -0.4 is 5.32 Å². The average Bonchev–Trinajstić information content (AvgIpc) is 3.15. The zero-order valence-electron chi connectivity index (χ0n) is 15.0. The fourth-order valence-electron chi connectivity index (χ4n) is 3.02. The lowest BCUT2D eigenvalue weighted by atomic mass is 10.2. The lowest BCUT2D eigenvalue weighted by Crippen LogP contribution is -2.17. The molecule has 2 aromatic heterocycles. The van der Waals surface area contributed by atoms with Crippen LogP contribution in [0.1, 0.15) is 37.4 Å². The number of aryl methyl sites for hydroxylation is 3. The van der Waals surface area contributed by atoms with Crippen molar-refractivity contribution >= 4 is 22.6 Å². The number of aromatic nitrogens is 4. The van der Waals surface area contributed by atoms with Crippen molar-refractivity contribution in [3.8, 4) is 0 Å². The smallest absolute Gasteiger partial charge is 0.131 e. The molecule has 0 amide bonds. The summed E-state index contributed by atoms with van der Waals surface area (Å²) in [4.78, 5) is 4.43. The van der Waals surface area contributed by atoms with Gasteiger partial charge in [0.25, 0.3) is 0 Å². The van der Waals surface area contributed by atoms with Crippen molar-refractivity contribution in [1.82, 2.24) is 24.6 Å². The van der Waals surface area contributed by atoms with Gasteiger partial charge in [-0.25, -0.2) is 4.98 Å². The van der Waals surface area contributed by atoms with Crippen LogP contribution in [0, 0.1) is 6.92 Å². The molecule has 2 heterocycles. The Kier molecular flexibility index (Phi) is 6.10. The molecule has 0 atom stereocenters. The van der Waals surface area contributed by atoms with E-state index in [1.807, 2.05) is 30.1 Å². The molecule has 25 heavy (non-hydrogen) atoms. The molecule has 0 fully saturated rings. The van der Waals surface area contributed by atoms with Crippen molar-refractivity contribution in [2.45, 2.75) is 52.7 Å². The Labute approximate surface area is 154 Å². The van der Waals surface area contributed by atoms with Gasteiger partial charge in [0.15, 0.2) is 0 Å². The maximum absolute atomic E-state index is 6.47. The maximum atomic E-state index is 6.47. The number of unbranched alkanes of at least 4 members (excludes halogenated alkanes) is 1. The predicted molar refractivity (Wildman–Crippen MR) is 103 cm³/mol. The van der Waals surface area contributed by atoms with Crippen LogP contribution in [0.15, 0.2) is 30.6 Å². The Morgan fingerprint density at radius 3 is 2.84 bits per heavy atom. The topological polar surface area (TPSA) is 47.7 Å². The van der Waals surface area contributed by atoms with Crippen LogP contribution in [0.5, 0.6) is 0 Å². The molecule has 0 unspecified atom stereocenters. The lowest BCUT2D eigenvalue weighted by molar-refractivity contribution is 0.567. The van der Waals surface area contributed by atoms with E-state index in [-0.39, 0.29) is 0 Å². The Morgan fingerprint density at radius 2 is 2.00 bits per heavy atom. The fraction of sp³-hybridized carbons (Fsp3) is 0.474. The first kappa shape index (κ1) is 18.0. The van der Waals surface area contributed by atoms with E-state index in [9.17, 15) is 0 Å². The number of benzene rings is 1. The molecule has 5 nitrogen and oxygen atoms in total. The van der Waals surface area contributed by atoms with Gasteiger partial charge in [-0.15, -0.1) is 0 Å². The molecular weight excluding hydrogens is 334 g/mol. The Hall–Kier alpha value is -1.85. The van der Waals surface area contributed by atoms with Crippen molar-refractivity contribution in [3.05, 3.63) is 47.0 Å². The largest absolute Gasteiger partial charge is 0.331 e. The third-order valence-electron chi connectivity index (χ3n) is 4.49. The summed E-state index contributed by atoms with van der Waals surface area (Å²) in [6.07, 6.45) is 5.21. The highest BCUT2D eigenvalue weighted by atomic mass is 35.5. The normalized spacial score (nSPS) is 11.5. The van der Waals surface area contributed by atoms with Crippen LogP contribution in [-0.2, 0) is 19.6 Å². The molecule has 0 aliphatic rings. The molecule has 3 rings (SSSR count). The van der Waals surface area contributed by atoms with Crippen LogP contribution in [0.25, 0.3) is 11.0 Å². The maximum Gasteiger partial charge on any atom is 0.131 e. The zero-order valence-corrected chi connectivity index (χ0v) is 15.8. The fourth-order valence-corrected chi connectivity index (χ4v) is 3.35. The Balaban J connectivity index is 1.48. The summed E-state index contributed by atoms with van der Waals surface area (Å²) in [5.41, 5.74) is 4.39. The molecule has 0 aliphatic heterocycles. The minimum atomic E-state index is 0.765. The first-order valence-corrected chi connectivity index (χ1v) is 9.41. The third kappa shape index (κ3) is 4.22. The van der Waals surface area contributed by atoms with E-state index in [0.29, 0.717) is 0 Å². The van der Waals surface area contributed by atoms with Gasteiger partial charge < -0.3 is 9.88 Å². The molecule has 0 saturated heterocycles. The van der Waals surface area contributed by atoms with E-state index in [2.05, 4.69) is 39.0 Å². The number of nitrogens with zero attached hydrogens (tertiary/aromatic N) is 4. The van der Waals surface area contributed by atoms with Crippen LogP contribution in [0.4, 0.5) is 0 Å². The number of nitrogens with one attached hydrogen (secondary N) is 1. The minimum Gasteiger partial charge on any atom is -0.331 e. The van der Waals surface area contributed by atoms with Crippen molar-refractivity contribution in [2.24, 2.45) is 0 Å². The average molecular weight is 360 g/mol. The lowest BCUT2D eigenvalue weighted by Gasteiger charge is -2.07. The number of halogens is 1. The molecule has 1 aromatic carbocycles. The van der Waals surface area contributed by atoms with E-state index < -0.39 is 0 Å². The summed E-state index contributed by atoms with van der Waals surface area (Å²) in [5, 5.41) is 8.82. The van der Waals surface area contributed by atoms with Gasteiger partial charge in [-0.2, -0.15) is 5.10 Å². The van der Waals surface area contributed by atoms with Gasteiger partial charge in [-0.3, -0.25) is 4.68 Å². The summed E-state index contributed by atoms with van der Waals surface area (Å²) < 4.78 is 4.13. The molecule has 0 radical (unpaired) electrons. The van der Waals surface area contributed by atoms with E-state index >= 15 is 0 Å². The number of hydrogen-bond acceptors (Lipinski definition) is 3. The van der Waals surface area contributed by atoms with Gasteiger partial charge in [0, 0.05) is 25.2 Å². The van der Waals surface area contributed by atoms with Crippen LogP contribution in [-0.4, -0.2) is 25.9 Å². The van der Waals surface area contributed by atoms with Gasteiger partial charge in [0.1, 0.15) is 5.15 Å². The highest BCUT2D eigenvalue weighted by molar-refractivity contribution is 6.30. The number of para-hydroxylation sites is 2. The molecular formula is C19H26ClN5. The molecule has 1 N–H and O–H groups in total. The predicted octanol–water partition coefficient (Wildman–Crippen LogP) is 4.17. The second-order valence-electron chi connectivity index (χ2n) is 6.39. The minimum absolute atomic E-state index is 0.765. The van der Waals surface area contributed by atoms with Crippen molar-refractivity contribution in [2.75, 3.05) is 6.54 Å². The van der Waals surface area contributed by atoms with Crippen molar-refractivity contribution in [1.29, 1.82) is 0 Å². The van der Waals surface area contributed by atoms with Crippen molar-refractivity contribution < 1.29 is 0 Å². The Bertz CT molecular complexity index is 820. The number of fused-ring (bicyclic) bond motifs is 1. The quantitative estimate of drug-likeness (QED) is 0.583. The highest BCUT2D eigenvalue weighted by Crippen LogP contribution is 2.20. The SMILES string of the molecule is CCCCn1nc(C)c(CNCCCn2cnc3ccccc32)c1Cl. The molecule has 3 aromatic rings. The zero-order chi connectivity index (χ0) is 17.6. The van der Waals surface area contributed by atoms with E-state index in [0.717, 1.165) is 67.4 Å². The summed E-state index contributed by atoms with van der Waals surface area (Å²) in [5.74, 6) is 0. The summed E-state index contributed by atoms with van der Waals surface area (Å²) in [6, 6.07) is 8.24. The van der Waals surface area contributed by atoms with Crippen LogP contribution in [0.2, 0.25) is 5.15 Å². The standard InChI is InChI=1S/C19H26ClN5/c1-3-4-12-25-19(20)16(15(2)23-25)13-21-10-7-11-24-14-22-17-8-5-6-9-18(17)24/h5-6,8-9,14,21H,3-4,7,10-13H2,1-2H3. The van der Waals surface area contributed by atoms with E-state index in [1.54, 1.807) is 0 Å². The molecule has 0 aliphatic carbocycles. The number of rotatable bonds is 9. The van der Waals surface area contributed by atoms with Crippen molar-refractivity contribution in [3.63, 3.8) is 0 Å². The highest BCUT2D eigenvalue weighted by Gasteiger charge is 2.12. The molecule has 0 bridgehead atoms.